The Labute approximate surface area is 130 Å². The number of pyridine rings is 1. The molecule has 0 unspecified atom stereocenters. The number of amides is 1. The zero-order valence-corrected chi connectivity index (χ0v) is 12.5. The Hall–Kier alpha value is -1.91. The number of nitrogens with one attached hydrogen (secondary N) is 1. The predicted octanol–water partition coefficient (Wildman–Crippen LogP) is 2.70. The molecule has 0 saturated heterocycles. The van der Waals surface area contributed by atoms with Gasteiger partial charge in [-0.2, -0.15) is 0 Å². The van der Waals surface area contributed by atoms with E-state index in [2.05, 4.69) is 22.4 Å². The van der Waals surface area contributed by atoms with Gasteiger partial charge in [-0.25, -0.2) is 0 Å². The van der Waals surface area contributed by atoms with Crippen LogP contribution in [0.15, 0.2) is 36.5 Å². The molecule has 1 aromatic carbocycles. The Balaban J connectivity index is 0.00000161. The van der Waals surface area contributed by atoms with E-state index >= 15 is 0 Å². The Kier molecular flexibility index (Phi) is 4.94. The van der Waals surface area contributed by atoms with Gasteiger partial charge in [0.25, 0.3) is 5.91 Å². The van der Waals surface area contributed by atoms with Crippen LogP contribution in [0.1, 0.15) is 33.6 Å². The van der Waals surface area contributed by atoms with Crippen molar-refractivity contribution >= 4 is 24.0 Å². The maximum atomic E-state index is 12.2. The van der Waals surface area contributed by atoms with E-state index in [9.17, 15) is 4.79 Å². The summed E-state index contributed by atoms with van der Waals surface area (Å²) in [6.07, 6.45) is 5.07. The van der Waals surface area contributed by atoms with Crippen LogP contribution in [0.3, 0.4) is 0 Å². The van der Waals surface area contributed by atoms with Crippen molar-refractivity contribution in [3.8, 4) is 0 Å². The molecule has 1 aromatic heterocycles. The molecule has 3 rings (SSSR count). The second-order valence-electron chi connectivity index (χ2n) is 5.03. The van der Waals surface area contributed by atoms with Crippen LogP contribution >= 0.6 is 12.4 Å². The molecule has 0 spiro atoms. The number of halogens is 1. The zero-order valence-electron chi connectivity index (χ0n) is 11.6. The van der Waals surface area contributed by atoms with E-state index in [1.165, 1.54) is 17.5 Å². The average Bonchev–Trinajstić information content (AvgIpc) is 2.95. The molecule has 0 saturated carbocycles. The van der Waals surface area contributed by atoms with Gasteiger partial charge < -0.3 is 11.1 Å². The summed E-state index contributed by atoms with van der Waals surface area (Å²) < 4.78 is 0. The third-order valence-corrected chi connectivity index (χ3v) is 3.64. The highest BCUT2D eigenvalue weighted by Gasteiger charge is 2.12. The predicted molar refractivity (Wildman–Crippen MR) is 85.8 cm³/mol. The number of aromatic nitrogens is 1. The van der Waals surface area contributed by atoms with Crippen LogP contribution < -0.4 is 11.1 Å². The van der Waals surface area contributed by atoms with E-state index in [4.69, 9.17) is 5.73 Å². The fraction of sp³-hybridized carbons (Fsp3) is 0.250. The molecule has 0 radical (unpaired) electrons. The van der Waals surface area contributed by atoms with Gasteiger partial charge in [-0.15, -0.1) is 12.4 Å². The molecule has 0 aliphatic heterocycles. The highest BCUT2D eigenvalue weighted by atomic mass is 35.5. The van der Waals surface area contributed by atoms with Gasteiger partial charge in [0, 0.05) is 24.0 Å². The fourth-order valence-electron chi connectivity index (χ4n) is 2.58. The molecule has 1 heterocycles. The molecular weight excluding hydrogens is 286 g/mol. The van der Waals surface area contributed by atoms with Crippen LogP contribution in [0.25, 0.3) is 0 Å². The maximum Gasteiger partial charge on any atom is 0.255 e. The van der Waals surface area contributed by atoms with Crippen molar-refractivity contribution in [2.24, 2.45) is 5.73 Å². The van der Waals surface area contributed by atoms with Gasteiger partial charge in [0.15, 0.2) is 0 Å². The summed E-state index contributed by atoms with van der Waals surface area (Å²) in [5.41, 5.74) is 10.4. The van der Waals surface area contributed by atoms with Crippen molar-refractivity contribution in [2.45, 2.75) is 25.8 Å². The number of nitrogens with zero attached hydrogens (tertiary/aromatic N) is 1. The molecule has 1 aliphatic rings. The summed E-state index contributed by atoms with van der Waals surface area (Å²) in [7, 11) is 0. The summed E-state index contributed by atoms with van der Waals surface area (Å²) in [6, 6.07) is 9.57. The van der Waals surface area contributed by atoms with Gasteiger partial charge in [0.1, 0.15) is 0 Å². The number of anilines is 1. The van der Waals surface area contributed by atoms with Crippen LogP contribution in [0.2, 0.25) is 0 Å². The third-order valence-electron chi connectivity index (χ3n) is 3.64. The summed E-state index contributed by atoms with van der Waals surface area (Å²) >= 11 is 0. The number of hydrogen-bond donors (Lipinski definition) is 2. The van der Waals surface area contributed by atoms with Gasteiger partial charge in [-0.3, -0.25) is 9.78 Å². The van der Waals surface area contributed by atoms with Crippen molar-refractivity contribution in [1.82, 2.24) is 4.98 Å². The Morgan fingerprint density at radius 3 is 2.81 bits per heavy atom. The molecule has 3 N–H and O–H groups in total. The quantitative estimate of drug-likeness (QED) is 0.916. The third kappa shape index (κ3) is 3.40. The highest BCUT2D eigenvalue weighted by molar-refractivity contribution is 6.04. The van der Waals surface area contributed by atoms with Crippen molar-refractivity contribution in [3.05, 3.63) is 58.9 Å². The van der Waals surface area contributed by atoms with Gasteiger partial charge in [0.05, 0.1) is 5.69 Å². The van der Waals surface area contributed by atoms with E-state index in [1.807, 2.05) is 6.07 Å². The second kappa shape index (κ2) is 6.70. The normalized spacial score (nSPS) is 12.4. The minimum absolute atomic E-state index is 0. The van der Waals surface area contributed by atoms with Gasteiger partial charge in [-0.1, -0.05) is 6.07 Å². The number of nitrogens with two attached hydrogens (primary N) is 1. The first-order valence-electron chi connectivity index (χ1n) is 6.84. The first-order chi connectivity index (χ1) is 9.76. The Morgan fingerprint density at radius 1 is 1.19 bits per heavy atom. The topological polar surface area (TPSA) is 68.0 Å². The molecule has 21 heavy (non-hydrogen) atoms. The van der Waals surface area contributed by atoms with Crippen LogP contribution in [-0.4, -0.2) is 10.9 Å². The SMILES string of the molecule is Cl.NCc1cc(C(=O)Nc2ccc3c(c2)CCC3)ccn1. The largest absolute Gasteiger partial charge is 0.325 e. The molecule has 1 amide bonds. The lowest BCUT2D eigenvalue weighted by Crippen LogP contribution is -2.13. The van der Waals surface area contributed by atoms with E-state index in [0.717, 1.165) is 18.5 Å². The zero-order chi connectivity index (χ0) is 13.9. The molecule has 5 heteroatoms. The number of fused-ring (bicyclic) bond motifs is 1. The molecule has 4 nitrogen and oxygen atoms in total. The first kappa shape index (κ1) is 15.5. The highest BCUT2D eigenvalue weighted by Crippen LogP contribution is 2.25. The molecule has 2 aromatic rings. The lowest BCUT2D eigenvalue weighted by Gasteiger charge is -2.08. The number of carbonyl (C=O) groups excluding carboxylic acids is 1. The number of carbonyl (C=O) groups is 1. The number of aryl methyl sites for hydroxylation is 2. The molecule has 0 atom stereocenters. The molecule has 0 bridgehead atoms. The van der Waals surface area contributed by atoms with Gasteiger partial charge in [0.2, 0.25) is 0 Å². The maximum absolute atomic E-state index is 12.2. The van der Waals surface area contributed by atoms with E-state index in [1.54, 1.807) is 18.3 Å². The van der Waals surface area contributed by atoms with Crippen molar-refractivity contribution in [1.29, 1.82) is 0 Å². The molecular formula is C16H18ClN3O. The van der Waals surface area contributed by atoms with Crippen LogP contribution in [0.4, 0.5) is 5.69 Å². The van der Waals surface area contributed by atoms with Crippen LogP contribution in [0, 0.1) is 0 Å². The monoisotopic (exact) mass is 303 g/mol. The van der Waals surface area contributed by atoms with E-state index < -0.39 is 0 Å². The Bertz CT molecular complexity index is 658. The molecule has 0 fully saturated rings. The molecule has 110 valence electrons. The second-order valence-corrected chi connectivity index (χ2v) is 5.03. The number of hydrogen-bond acceptors (Lipinski definition) is 3. The van der Waals surface area contributed by atoms with E-state index in [-0.39, 0.29) is 18.3 Å². The van der Waals surface area contributed by atoms with E-state index in [0.29, 0.717) is 17.8 Å². The first-order valence-corrected chi connectivity index (χ1v) is 6.84. The minimum Gasteiger partial charge on any atom is -0.325 e. The summed E-state index contributed by atoms with van der Waals surface area (Å²) in [5, 5.41) is 2.93. The van der Waals surface area contributed by atoms with Gasteiger partial charge in [-0.05, 0) is 54.7 Å². The lowest BCUT2D eigenvalue weighted by molar-refractivity contribution is 0.102. The number of rotatable bonds is 3. The van der Waals surface area contributed by atoms with Crippen LogP contribution in [0.5, 0.6) is 0 Å². The number of benzene rings is 1. The minimum atomic E-state index is -0.125. The lowest BCUT2D eigenvalue weighted by atomic mass is 10.1. The smallest absolute Gasteiger partial charge is 0.255 e. The standard InChI is InChI=1S/C16H17N3O.ClH/c17-10-15-9-13(6-7-18-15)16(20)19-14-5-4-11-2-1-3-12(11)8-14;/h4-9H,1-3,10,17H2,(H,19,20);1H. The van der Waals surface area contributed by atoms with Crippen LogP contribution in [-0.2, 0) is 19.4 Å². The Morgan fingerprint density at radius 2 is 2.00 bits per heavy atom. The van der Waals surface area contributed by atoms with Gasteiger partial charge >= 0.3 is 0 Å². The summed E-state index contributed by atoms with van der Waals surface area (Å²) in [6.45, 7) is 0.333. The average molecular weight is 304 g/mol. The fourth-order valence-corrected chi connectivity index (χ4v) is 2.58. The summed E-state index contributed by atoms with van der Waals surface area (Å²) in [4.78, 5) is 16.3. The van der Waals surface area contributed by atoms with Crippen molar-refractivity contribution in [3.63, 3.8) is 0 Å². The molecule has 1 aliphatic carbocycles. The van der Waals surface area contributed by atoms with Crippen molar-refractivity contribution in [2.75, 3.05) is 5.32 Å². The van der Waals surface area contributed by atoms with Crippen molar-refractivity contribution < 1.29 is 4.79 Å². The summed E-state index contributed by atoms with van der Waals surface area (Å²) in [5.74, 6) is -0.125.